The average molecular weight is 490 g/mol. The van der Waals surface area contributed by atoms with E-state index in [-0.39, 0.29) is 18.1 Å². The van der Waals surface area contributed by atoms with Gasteiger partial charge in [-0.05, 0) is 50.5 Å². The van der Waals surface area contributed by atoms with Crippen molar-refractivity contribution >= 4 is 39.1 Å². The molecule has 0 aliphatic rings. The van der Waals surface area contributed by atoms with Crippen molar-refractivity contribution in [3.8, 4) is 0 Å². The van der Waals surface area contributed by atoms with Crippen molar-refractivity contribution in [3.05, 3.63) is 92.3 Å². The number of aromatic nitrogens is 2. The Labute approximate surface area is 207 Å². The van der Waals surface area contributed by atoms with Gasteiger partial charge in [0.05, 0.1) is 18.3 Å². The molecule has 7 nitrogen and oxygen atoms in total. The van der Waals surface area contributed by atoms with Crippen LogP contribution in [0.1, 0.15) is 44.9 Å². The number of esters is 1. The van der Waals surface area contributed by atoms with E-state index in [1.807, 2.05) is 62.4 Å². The van der Waals surface area contributed by atoms with Crippen LogP contribution in [0.3, 0.4) is 0 Å². The van der Waals surface area contributed by atoms with E-state index in [0.717, 1.165) is 28.0 Å². The van der Waals surface area contributed by atoms with Crippen LogP contribution in [0.5, 0.6) is 0 Å². The second kappa shape index (κ2) is 10.2. The van der Waals surface area contributed by atoms with Crippen LogP contribution in [0, 0.1) is 20.8 Å². The van der Waals surface area contributed by atoms with E-state index < -0.39 is 12.0 Å². The quantitative estimate of drug-likeness (QED) is 0.370. The lowest BCUT2D eigenvalue weighted by atomic mass is 10.1. The molecule has 0 spiro atoms. The fourth-order valence-electron chi connectivity index (χ4n) is 3.90. The zero-order valence-corrected chi connectivity index (χ0v) is 20.9. The summed E-state index contributed by atoms with van der Waals surface area (Å²) < 4.78 is 6.75. The van der Waals surface area contributed by atoms with E-state index in [1.54, 1.807) is 13.8 Å². The van der Waals surface area contributed by atoms with Crippen LogP contribution < -0.4 is 10.9 Å². The molecule has 0 fully saturated rings. The van der Waals surface area contributed by atoms with E-state index in [9.17, 15) is 14.4 Å². The van der Waals surface area contributed by atoms with Crippen molar-refractivity contribution in [3.63, 3.8) is 0 Å². The van der Waals surface area contributed by atoms with Gasteiger partial charge in [0, 0.05) is 12.1 Å². The van der Waals surface area contributed by atoms with Crippen LogP contribution in [-0.2, 0) is 16.0 Å². The predicted octanol–water partition coefficient (Wildman–Crippen LogP) is 4.98. The van der Waals surface area contributed by atoms with E-state index in [0.29, 0.717) is 32.8 Å². The molecule has 0 saturated heterocycles. The maximum atomic E-state index is 13.3. The van der Waals surface area contributed by atoms with Gasteiger partial charge in [0.15, 0.2) is 0 Å². The molecule has 0 aliphatic carbocycles. The van der Waals surface area contributed by atoms with E-state index in [1.165, 1.54) is 10.9 Å². The molecular formula is C27H27N3O4S. The molecular weight excluding hydrogens is 462 g/mol. The molecule has 0 saturated carbocycles. The lowest BCUT2D eigenvalue weighted by Crippen LogP contribution is -2.32. The van der Waals surface area contributed by atoms with Gasteiger partial charge in [-0.2, -0.15) is 0 Å². The number of hydrogen-bond donors (Lipinski definition) is 1. The summed E-state index contributed by atoms with van der Waals surface area (Å²) >= 11 is 1.13. The lowest BCUT2D eigenvalue weighted by Gasteiger charge is -2.16. The topological polar surface area (TPSA) is 90.3 Å². The Hall–Kier alpha value is -3.78. The monoisotopic (exact) mass is 489 g/mol. The molecule has 2 aromatic carbocycles. The number of carbonyl (C=O) groups excluding carboxylic acids is 2. The van der Waals surface area contributed by atoms with Gasteiger partial charge in [-0.25, -0.2) is 9.78 Å². The Kier molecular flexibility index (Phi) is 7.12. The normalized spacial score (nSPS) is 11.9. The van der Waals surface area contributed by atoms with Gasteiger partial charge in [0.1, 0.15) is 15.7 Å². The second-order valence-corrected chi connectivity index (χ2v) is 9.55. The minimum Gasteiger partial charge on any atom is -0.461 e. The van der Waals surface area contributed by atoms with Crippen molar-refractivity contribution in [1.82, 2.24) is 9.55 Å². The highest BCUT2D eigenvalue weighted by atomic mass is 32.1. The number of thiophene rings is 1. The molecule has 1 amide bonds. The first-order chi connectivity index (χ1) is 16.8. The minimum atomic E-state index is -0.791. The highest BCUT2D eigenvalue weighted by Gasteiger charge is 2.24. The van der Waals surface area contributed by atoms with Gasteiger partial charge in [0.25, 0.3) is 5.56 Å². The SMILES string of the molecule is Cc1ccc(NC(=O)C(C)n2cnc3sc(C(=O)OCCc4ccccc4)c(C)c3c2=O)c(C)c1. The van der Waals surface area contributed by atoms with Crippen molar-refractivity contribution in [1.29, 1.82) is 0 Å². The predicted molar refractivity (Wildman–Crippen MR) is 138 cm³/mol. The Morgan fingerprint density at radius 3 is 2.57 bits per heavy atom. The van der Waals surface area contributed by atoms with Crippen LogP contribution in [0.15, 0.2) is 59.7 Å². The van der Waals surface area contributed by atoms with E-state index in [2.05, 4.69) is 10.3 Å². The van der Waals surface area contributed by atoms with Crippen LogP contribution in [-0.4, -0.2) is 28.0 Å². The number of nitrogens with one attached hydrogen (secondary N) is 1. The second-order valence-electron chi connectivity index (χ2n) is 8.55. The van der Waals surface area contributed by atoms with Crippen molar-refractivity contribution in [2.24, 2.45) is 0 Å². The summed E-state index contributed by atoms with van der Waals surface area (Å²) in [6.07, 6.45) is 1.96. The summed E-state index contributed by atoms with van der Waals surface area (Å²) in [7, 11) is 0. The summed E-state index contributed by atoms with van der Waals surface area (Å²) in [6.45, 7) is 7.50. The first-order valence-electron chi connectivity index (χ1n) is 11.4. The number of amides is 1. The minimum absolute atomic E-state index is 0.240. The maximum absolute atomic E-state index is 13.3. The van der Waals surface area contributed by atoms with Gasteiger partial charge < -0.3 is 10.1 Å². The van der Waals surface area contributed by atoms with Crippen LogP contribution >= 0.6 is 11.3 Å². The van der Waals surface area contributed by atoms with Crippen molar-refractivity contribution < 1.29 is 14.3 Å². The maximum Gasteiger partial charge on any atom is 0.348 e. The smallest absolute Gasteiger partial charge is 0.348 e. The molecule has 0 radical (unpaired) electrons. The standard InChI is InChI=1S/C27H27N3O4S/c1-16-10-11-21(17(2)14-16)29-24(31)19(4)30-15-28-25-22(26(30)32)18(3)23(35-25)27(33)34-13-12-20-8-6-5-7-9-20/h5-11,14-15,19H,12-13H2,1-4H3,(H,29,31). The fraction of sp³-hybridized carbons (Fsp3) is 0.259. The van der Waals surface area contributed by atoms with Gasteiger partial charge in [-0.1, -0.05) is 48.0 Å². The molecule has 1 N–H and O–H groups in total. The van der Waals surface area contributed by atoms with Crippen molar-refractivity contribution in [2.45, 2.75) is 40.2 Å². The molecule has 2 aromatic heterocycles. The molecule has 4 rings (SSSR count). The Morgan fingerprint density at radius 2 is 1.86 bits per heavy atom. The van der Waals surface area contributed by atoms with Gasteiger partial charge in [-0.15, -0.1) is 11.3 Å². The number of fused-ring (bicyclic) bond motifs is 1. The number of benzene rings is 2. The Morgan fingerprint density at radius 1 is 1.11 bits per heavy atom. The number of anilines is 1. The van der Waals surface area contributed by atoms with Crippen molar-refractivity contribution in [2.75, 3.05) is 11.9 Å². The number of rotatable bonds is 7. The van der Waals surface area contributed by atoms with E-state index >= 15 is 0 Å². The van der Waals surface area contributed by atoms with Gasteiger partial charge >= 0.3 is 5.97 Å². The molecule has 35 heavy (non-hydrogen) atoms. The third kappa shape index (κ3) is 5.17. The lowest BCUT2D eigenvalue weighted by molar-refractivity contribution is -0.118. The van der Waals surface area contributed by atoms with E-state index in [4.69, 9.17) is 4.74 Å². The number of aryl methyl sites for hydroxylation is 3. The van der Waals surface area contributed by atoms with Gasteiger partial charge in [-0.3, -0.25) is 14.2 Å². The molecule has 1 atom stereocenters. The Balaban J connectivity index is 1.53. The van der Waals surface area contributed by atoms with Gasteiger partial charge in [0.2, 0.25) is 5.91 Å². The number of ether oxygens (including phenoxy) is 1. The first-order valence-corrected chi connectivity index (χ1v) is 12.2. The largest absolute Gasteiger partial charge is 0.461 e. The molecule has 1 unspecified atom stereocenters. The third-order valence-electron chi connectivity index (χ3n) is 5.96. The zero-order valence-electron chi connectivity index (χ0n) is 20.1. The molecule has 8 heteroatoms. The number of carbonyl (C=O) groups is 2. The zero-order chi connectivity index (χ0) is 25.1. The van der Waals surface area contributed by atoms with Crippen LogP contribution in [0.4, 0.5) is 5.69 Å². The van der Waals surface area contributed by atoms with Crippen LogP contribution in [0.25, 0.3) is 10.2 Å². The van der Waals surface area contributed by atoms with Crippen LogP contribution in [0.2, 0.25) is 0 Å². The molecule has 0 bridgehead atoms. The summed E-state index contributed by atoms with van der Waals surface area (Å²) in [4.78, 5) is 44.1. The summed E-state index contributed by atoms with van der Waals surface area (Å²) in [5, 5.41) is 3.22. The Bertz CT molecular complexity index is 1460. The summed E-state index contributed by atoms with van der Waals surface area (Å²) in [5.74, 6) is -0.804. The highest BCUT2D eigenvalue weighted by molar-refractivity contribution is 7.20. The third-order valence-corrected chi connectivity index (χ3v) is 7.14. The highest BCUT2D eigenvalue weighted by Crippen LogP contribution is 2.28. The number of hydrogen-bond acceptors (Lipinski definition) is 6. The number of nitrogens with zero attached hydrogens (tertiary/aromatic N) is 2. The first kappa shape index (κ1) is 24.3. The molecule has 4 aromatic rings. The molecule has 0 aliphatic heterocycles. The molecule has 2 heterocycles. The average Bonchev–Trinajstić information content (AvgIpc) is 3.18. The molecule has 180 valence electrons. The summed E-state index contributed by atoms with van der Waals surface area (Å²) in [6, 6.07) is 14.7. The summed E-state index contributed by atoms with van der Waals surface area (Å²) in [5.41, 5.74) is 3.96. The fourth-order valence-corrected chi connectivity index (χ4v) is 4.93.